The Bertz CT molecular complexity index is 1480. The molecule has 9 heteroatoms. The summed E-state index contributed by atoms with van der Waals surface area (Å²) in [6.07, 6.45) is 1.89. The van der Waals surface area contributed by atoms with Crippen LogP contribution in [0.3, 0.4) is 0 Å². The van der Waals surface area contributed by atoms with Gasteiger partial charge in [-0.3, -0.25) is 4.98 Å². The highest BCUT2D eigenvalue weighted by Gasteiger charge is 2.12. The normalized spacial score (nSPS) is 12.0. The fraction of sp³-hybridized carbons (Fsp3) is 0. The molecule has 7 rings (SSSR count). The van der Waals surface area contributed by atoms with E-state index in [0.29, 0.717) is 0 Å². The third-order valence-corrected chi connectivity index (χ3v) is 8.60. The van der Waals surface area contributed by atoms with E-state index in [2.05, 4.69) is 45.3 Å². The maximum absolute atomic E-state index is 4.81. The molecule has 5 nitrogen and oxygen atoms in total. The Balaban J connectivity index is 1.28. The Morgan fingerprint density at radius 3 is 1.80 bits per heavy atom. The summed E-state index contributed by atoms with van der Waals surface area (Å²) in [7, 11) is 0. The summed E-state index contributed by atoms with van der Waals surface area (Å²) in [6.45, 7) is 0. The molecule has 0 aliphatic heterocycles. The van der Waals surface area contributed by atoms with Gasteiger partial charge in [0, 0.05) is 11.8 Å². The number of hydrogen-bond acceptors (Lipinski definition) is 9. The van der Waals surface area contributed by atoms with Gasteiger partial charge in [-0.2, -0.15) is 0 Å². The van der Waals surface area contributed by atoms with Crippen molar-refractivity contribution in [1.29, 1.82) is 0 Å². The lowest BCUT2D eigenvalue weighted by atomic mass is 10.2. The van der Waals surface area contributed by atoms with Crippen LogP contribution in [0.1, 0.15) is 0 Å². The van der Waals surface area contributed by atoms with Crippen LogP contribution in [0.2, 0.25) is 0 Å². The predicted molar refractivity (Wildman–Crippen MR) is 128 cm³/mol. The van der Waals surface area contributed by atoms with Crippen molar-refractivity contribution >= 4 is 86.2 Å². The Labute approximate surface area is 185 Å². The van der Waals surface area contributed by atoms with Crippen molar-refractivity contribution in [2.24, 2.45) is 0 Å². The molecule has 0 saturated heterocycles. The van der Waals surface area contributed by atoms with Gasteiger partial charge in [0.25, 0.3) is 0 Å². The number of thiazole rings is 4. The monoisotopic (exact) mass is 459 g/mol. The molecule has 0 unspecified atom stereocenters. The molecule has 0 aliphatic rings. The highest BCUT2D eigenvalue weighted by atomic mass is 32.1. The number of hydrogen-bond donors (Lipinski definition) is 0. The Hall–Kier alpha value is -2.85. The zero-order valence-corrected chi connectivity index (χ0v) is 18.3. The topological polar surface area (TPSA) is 64.5 Å². The van der Waals surface area contributed by atoms with Gasteiger partial charge in [0.2, 0.25) is 0 Å². The number of benzene rings is 2. The largest absolute Gasteiger partial charge is 0.253 e. The molecule has 30 heavy (non-hydrogen) atoms. The average molecular weight is 460 g/mol. The SMILES string of the molecule is c1nc2cc3sc(-c4ccc(-c5nc6cc7scnc7cc6s5)nc4)nc3cc2s1. The van der Waals surface area contributed by atoms with Crippen LogP contribution in [0.15, 0.2) is 53.6 Å². The van der Waals surface area contributed by atoms with Crippen LogP contribution in [-0.4, -0.2) is 24.9 Å². The lowest BCUT2D eigenvalue weighted by Crippen LogP contribution is -1.84. The highest BCUT2D eigenvalue weighted by Crippen LogP contribution is 2.35. The van der Waals surface area contributed by atoms with E-state index in [-0.39, 0.29) is 0 Å². The lowest BCUT2D eigenvalue weighted by Gasteiger charge is -1.98. The van der Waals surface area contributed by atoms with Crippen molar-refractivity contribution in [3.05, 3.63) is 53.6 Å². The Kier molecular flexibility index (Phi) is 3.56. The van der Waals surface area contributed by atoms with Crippen molar-refractivity contribution < 1.29 is 0 Å². The van der Waals surface area contributed by atoms with E-state index in [1.54, 1.807) is 45.3 Å². The summed E-state index contributed by atoms with van der Waals surface area (Å²) in [6, 6.07) is 12.6. The first-order chi connectivity index (χ1) is 14.8. The molecular weight excluding hydrogens is 451 g/mol. The fourth-order valence-corrected chi connectivity index (χ4v) is 6.75. The maximum Gasteiger partial charge on any atom is 0.143 e. The smallest absolute Gasteiger partial charge is 0.143 e. The summed E-state index contributed by atoms with van der Waals surface area (Å²) in [5.41, 5.74) is 9.70. The minimum Gasteiger partial charge on any atom is -0.253 e. The van der Waals surface area contributed by atoms with E-state index >= 15 is 0 Å². The van der Waals surface area contributed by atoms with Crippen LogP contribution in [0, 0.1) is 0 Å². The van der Waals surface area contributed by atoms with Crippen molar-refractivity contribution in [1.82, 2.24) is 24.9 Å². The highest BCUT2D eigenvalue weighted by molar-refractivity contribution is 7.22. The quantitative estimate of drug-likeness (QED) is 0.283. The van der Waals surface area contributed by atoms with Crippen LogP contribution in [0.5, 0.6) is 0 Å². The first kappa shape index (κ1) is 16.9. The second kappa shape index (κ2) is 6.32. The third-order valence-electron chi connectivity index (χ3n) is 4.91. The van der Waals surface area contributed by atoms with Gasteiger partial charge < -0.3 is 0 Å². The number of aromatic nitrogens is 5. The molecule has 0 amide bonds. The molecule has 0 bridgehead atoms. The van der Waals surface area contributed by atoms with Gasteiger partial charge in [0.05, 0.1) is 57.6 Å². The molecule has 2 aromatic carbocycles. The maximum atomic E-state index is 4.81. The molecule has 5 aromatic heterocycles. The van der Waals surface area contributed by atoms with E-state index in [1.165, 1.54) is 4.70 Å². The summed E-state index contributed by atoms with van der Waals surface area (Å²) in [4.78, 5) is 23.1. The molecule has 7 aromatic rings. The molecule has 0 saturated carbocycles. The van der Waals surface area contributed by atoms with Gasteiger partial charge >= 0.3 is 0 Å². The predicted octanol–water partition coefficient (Wildman–Crippen LogP) is 6.85. The minimum absolute atomic E-state index is 0.877. The zero-order chi connectivity index (χ0) is 19.7. The van der Waals surface area contributed by atoms with Crippen LogP contribution >= 0.6 is 45.3 Å². The van der Waals surface area contributed by atoms with E-state index < -0.39 is 0 Å². The number of nitrogens with zero attached hydrogens (tertiary/aromatic N) is 5. The van der Waals surface area contributed by atoms with Gasteiger partial charge in [-0.05, 0) is 36.4 Å². The molecule has 0 aliphatic carbocycles. The van der Waals surface area contributed by atoms with Gasteiger partial charge in [0.15, 0.2) is 0 Å². The van der Waals surface area contributed by atoms with Crippen molar-refractivity contribution in [2.75, 3.05) is 0 Å². The zero-order valence-electron chi connectivity index (χ0n) is 15.1. The third kappa shape index (κ3) is 2.60. The van der Waals surface area contributed by atoms with Crippen LogP contribution in [0.4, 0.5) is 0 Å². The molecule has 142 valence electrons. The van der Waals surface area contributed by atoms with E-state index in [4.69, 9.17) is 9.97 Å². The summed E-state index contributed by atoms with van der Waals surface area (Å²) >= 11 is 6.60. The van der Waals surface area contributed by atoms with Crippen molar-refractivity contribution in [2.45, 2.75) is 0 Å². The molecular formula is C21H9N5S4. The summed E-state index contributed by atoms with van der Waals surface area (Å²) in [5, 5.41) is 1.89. The number of fused-ring (bicyclic) bond motifs is 4. The van der Waals surface area contributed by atoms with Gasteiger partial charge in [-0.15, -0.1) is 45.3 Å². The first-order valence-electron chi connectivity index (χ1n) is 9.04. The van der Waals surface area contributed by atoms with Gasteiger partial charge in [0.1, 0.15) is 10.0 Å². The first-order valence-corrected chi connectivity index (χ1v) is 12.4. The van der Waals surface area contributed by atoms with E-state index in [9.17, 15) is 0 Å². The Morgan fingerprint density at radius 2 is 1.17 bits per heavy atom. The fourth-order valence-electron chi connectivity index (χ4n) is 3.44. The second-order valence-electron chi connectivity index (χ2n) is 6.75. The summed E-state index contributed by atoms with van der Waals surface area (Å²) < 4.78 is 4.61. The Morgan fingerprint density at radius 1 is 0.567 bits per heavy atom. The minimum atomic E-state index is 0.877. The number of pyridine rings is 1. The molecule has 5 heterocycles. The van der Waals surface area contributed by atoms with Crippen molar-refractivity contribution in [3.8, 4) is 21.3 Å². The molecule has 0 radical (unpaired) electrons. The van der Waals surface area contributed by atoms with Crippen LogP contribution in [-0.2, 0) is 0 Å². The molecule has 0 spiro atoms. The standard InChI is InChI=1S/C21H9N5S4/c1-2-11(21-26-15-6-17-13(24-9-28-17)4-19(15)30-21)22-7-10(1)20-25-14-5-16-12(23-8-27-16)3-18(14)29-20/h1-9H. The molecule has 0 atom stereocenters. The van der Waals surface area contributed by atoms with Gasteiger partial charge in [-0.1, -0.05) is 0 Å². The van der Waals surface area contributed by atoms with E-state index in [0.717, 1.165) is 57.4 Å². The van der Waals surface area contributed by atoms with Crippen molar-refractivity contribution in [3.63, 3.8) is 0 Å². The molecule has 0 fully saturated rings. The lowest BCUT2D eigenvalue weighted by molar-refractivity contribution is 1.30. The van der Waals surface area contributed by atoms with E-state index in [1.807, 2.05) is 23.3 Å². The molecule has 0 N–H and O–H groups in total. The second-order valence-corrected chi connectivity index (χ2v) is 10.6. The van der Waals surface area contributed by atoms with Gasteiger partial charge in [-0.25, -0.2) is 19.9 Å². The average Bonchev–Trinajstić information content (AvgIpc) is 3.54. The summed E-state index contributed by atoms with van der Waals surface area (Å²) in [5.74, 6) is 0. The van der Waals surface area contributed by atoms with Crippen LogP contribution in [0.25, 0.3) is 62.1 Å². The van der Waals surface area contributed by atoms with Crippen LogP contribution < -0.4 is 0 Å². The number of rotatable bonds is 2.